The lowest BCUT2D eigenvalue weighted by molar-refractivity contribution is 0.630. The number of benzene rings is 2. The minimum Gasteiger partial charge on any atom is -0.206 e. The minimum atomic E-state index is -0.295. The third kappa shape index (κ3) is 2.71. The molecule has 0 saturated carbocycles. The first-order valence-electron chi connectivity index (χ1n) is 6.91. The van der Waals surface area contributed by atoms with Gasteiger partial charge in [-0.2, -0.15) is 9.61 Å². The largest absolute Gasteiger partial charge is 0.234 e. The van der Waals surface area contributed by atoms with Crippen LogP contribution in [0.25, 0.3) is 15.5 Å². The highest BCUT2D eigenvalue weighted by molar-refractivity contribution is 7.19. The van der Waals surface area contributed by atoms with Crippen molar-refractivity contribution in [1.29, 1.82) is 0 Å². The molecular formula is C16H10ClFN4S. The Balaban J connectivity index is 1.72. The standard InChI is InChI=1S/C16H10ClFN4S/c17-11-7-5-10(6-8-11)9-14-19-20-16-22(14)21-15(23-16)12-3-1-2-4-13(12)18/h1-8H,9H2. The van der Waals surface area contributed by atoms with E-state index < -0.39 is 0 Å². The van der Waals surface area contributed by atoms with E-state index in [9.17, 15) is 4.39 Å². The van der Waals surface area contributed by atoms with Gasteiger partial charge in [0.25, 0.3) is 0 Å². The Hall–Kier alpha value is -2.31. The molecule has 4 aromatic rings. The monoisotopic (exact) mass is 344 g/mol. The maximum Gasteiger partial charge on any atom is 0.234 e. The van der Waals surface area contributed by atoms with Gasteiger partial charge >= 0.3 is 0 Å². The van der Waals surface area contributed by atoms with Gasteiger partial charge in [-0.3, -0.25) is 0 Å². The molecule has 23 heavy (non-hydrogen) atoms. The number of hydrogen-bond donors (Lipinski definition) is 0. The summed E-state index contributed by atoms with van der Waals surface area (Å²) in [4.78, 5) is 0.646. The van der Waals surface area contributed by atoms with Crippen molar-refractivity contribution < 1.29 is 4.39 Å². The third-order valence-electron chi connectivity index (χ3n) is 3.44. The van der Waals surface area contributed by atoms with Crippen LogP contribution in [0, 0.1) is 5.82 Å². The van der Waals surface area contributed by atoms with Gasteiger partial charge in [0.15, 0.2) is 10.8 Å². The van der Waals surface area contributed by atoms with Crippen molar-refractivity contribution in [3.8, 4) is 10.6 Å². The number of hydrogen-bond acceptors (Lipinski definition) is 4. The molecule has 0 radical (unpaired) electrons. The first kappa shape index (κ1) is 14.3. The van der Waals surface area contributed by atoms with E-state index in [1.807, 2.05) is 24.3 Å². The van der Waals surface area contributed by atoms with Gasteiger partial charge in [-0.15, -0.1) is 10.2 Å². The summed E-state index contributed by atoms with van der Waals surface area (Å²) in [6, 6.07) is 14.1. The lowest BCUT2D eigenvalue weighted by Gasteiger charge is -1.99. The predicted molar refractivity (Wildman–Crippen MR) is 88.3 cm³/mol. The maximum absolute atomic E-state index is 13.9. The highest BCUT2D eigenvalue weighted by atomic mass is 35.5. The average molecular weight is 345 g/mol. The molecule has 0 atom stereocenters. The van der Waals surface area contributed by atoms with Crippen LogP contribution in [0.15, 0.2) is 48.5 Å². The number of fused-ring (bicyclic) bond motifs is 1. The summed E-state index contributed by atoms with van der Waals surface area (Å²) in [6.07, 6.45) is 0.582. The Labute approximate surface area is 140 Å². The Kier molecular flexibility index (Phi) is 3.55. The van der Waals surface area contributed by atoms with Crippen LogP contribution in [0.2, 0.25) is 5.02 Å². The minimum absolute atomic E-state index is 0.295. The van der Waals surface area contributed by atoms with E-state index >= 15 is 0 Å². The van der Waals surface area contributed by atoms with Crippen LogP contribution in [-0.2, 0) is 6.42 Å². The molecule has 0 aliphatic rings. The van der Waals surface area contributed by atoms with Crippen molar-refractivity contribution in [3.05, 3.63) is 70.8 Å². The van der Waals surface area contributed by atoms with Gasteiger partial charge in [0.05, 0.1) is 0 Å². The molecule has 0 unspecified atom stereocenters. The molecule has 0 N–H and O–H groups in total. The van der Waals surface area contributed by atoms with Gasteiger partial charge in [-0.05, 0) is 29.8 Å². The molecule has 114 valence electrons. The van der Waals surface area contributed by atoms with Crippen molar-refractivity contribution in [2.24, 2.45) is 0 Å². The Bertz CT molecular complexity index is 977. The van der Waals surface area contributed by atoms with Crippen molar-refractivity contribution in [2.45, 2.75) is 6.42 Å². The van der Waals surface area contributed by atoms with E-state index in [-0.39, 0.29) is 5.82 Å². The van der Waals surface area contributed by atoms with Crippen molar-refractivity contribution in [2.75, 3.05) is 0 Å². The summed E-state index contributed by atoms with van der Waals surface area (Å²) in [6.45, 7) is 0. The lowest BCUT2D eigenvalue weighted by atomic mass is 10.1. The smallest absolute Gasteiger partial charge is 0.206 e. The summed E-state index contributed by atoms with van der Waals surface area (Å²) in [5.74, 6) is 0.415. The molecule has 4 nitrogen and oxygen atoms in total. The molecule has 0 aliphatic heterocycles. The van der Waals surface area contributed by atoms with Gasteiger partial charge in [0.1, 0.15) is 5.82 Å². The highest BCUT2D eigenvalue weighted by Gasteiger charge is 2.15. The zero-order chi connectivity index (χ0) is 15.8. The lowest BCUT2D eigenvalue weighted by Crippen LogP contribution is -1.97. The topological polar surface area (TPSA) is 43.1 Å². The van der Waals surface area contributed by atoms with Crippen molar-refractivity contribution in [3.63, 3.8) is 0 Å². The molecule has 0 aliphatic carbocycles. The summed E-state index contributed by atoms with van der Waals surface area (Å²) < 4.78 is 15.6. The number of aromatic nitrogens is 4. The van der Waals surface area contributed by atoms with Crippen LogP contribution in [0.1, 0.15) is 11.4 Å². The van der Waals surface area contributed by atoms with E-state index in [4.69, 9.17) is 11.6 Å². The van der Waals surface area contributed by atoms with E-state index in [0.717, 1.165) is 5.56 Å². The van der Waals surface area contributed by atoms with Crippen LogP contribution in [0.3, 0.4) is 0 Å². The zero-order valence-corrected chi connectivity index (χ0v) is 13.4. The molecule has 0 fully saturated rings. The Morgan fingerprint density at radius 2 is 1.83 bits per heavy atom. The first-order chi connectivity index (χ1) is 11.2. The second-order valence-corrected chi connectivity index (χ2v) is 6.39. The molecule has 0 spiro atoms. The van der Waals surface area contributed by atoms with Gasteiger partial charge < -0.3 is 0 Å². The number of halogens is 2. The highest BCUT2D eigenvalue weighted by Crippen LogP contribution is 2.27. The fourth-order valence-corrected chi connectivity index (χ4v) is 3.31. The van der Waals surface area contributed by atoms with E-state index in [0.29, 0.717) is 32.8 Å². The van der Waals surface area contributed by atoms with E-state index in [1.54, 1.807) is 22.7 Å². The molecule has 0 amide bonds. The second-order valence-electron chi connectivity index (χ2n) is 5.00. The molecule has 2 aromatic heterocycles. The van der Waals surface area contributed by atoms with Crippen LogP contribution in [0.4, 0.5) is 4.39 Å². The van der Waals surface area contributed by atoms with E-state index in [2.05, 4.69) is 15.3 Å². The molecule has 0 saturated heterocycles. The first-order valence-corrected chi connectivity index (χ1v) is 8.10. The zero-order valence-electron chi connectivity index (χ0n) is 11.8. The van der Waals surface area contributed by atoms with E-state index in [1.165, 1.54) is 17.4 Å². The molecule has 0 bridgehead atoms. The van der Waals surface area contributed by atoms with Gasteiger partial charge in [0.2, 0.25) is 4.96 Å². The Morgan fingerprint density at radius 1 is 1.04 bits per heavy atom. The SMILES string of the molecule is Fc1ccccc1-c1nn2c(Cc3ccc(Cl)cc3)nnc2s1. The number of nitrogens with zero attached hydrogens (tertiary/aromatic N) is 4. The van der Waals surface area contributed by atoms with Crippen molar-refractivity contribution in [1.82, 2.24) is 19.8 Å². The van der Waals surface area contributed by atoms with Crippen LogP contribution >= 0.6 is 22.9 Å². The van der Waals surface area contributed by atoms with Crippen LogP contribution < -0.4 is 0 Å². The third-order valence-corrected chi connectivity index (χ3v) is 4.62. The summed E-state index contributed by atoms with van der Waals surface area (Å²) in [5.41, 5.74) is 1.53. The second kappa shape index (κ2) is 5.72. The van der Waals surface area contributed by atoms with Crippen LogP contribution in [0.5, 0.6) is 0 Å². The summed E-state index contributed by atoms with van der Waals surface area (Å²) >= 11 is 7.21. The predicted octanol–water partition coefficient (Wildman–Crippen LogP) is 4.24. The molecule has 4 rings (SSSR count). The fourth-order valence-electron chi connectivity index (χ4n) is 2.30. The van der Waals surface area contributed by atoms with Crippen LogP contribution in [-0.4, -0.2) is 19.8 Å². The maximum atomic E-state index is 13.9. The quantitative estimate of drug-likeness (QED) is 0.558. The van der Waals surface area contributed by atoms with Gasteiger partial charge in [-0.1, -0.05) is 47.2 Å². The van der Waals surface area contributed by atoms with Gasteiger partial charge in [0, 0.05) is 17.0 Å². The van der Waals surface area contributed by atoms with Crippen molar-refractivity contribution >= 4 is 27.9 Å². The fraction of sp³-hybridized carbons (Fsp3) is 0.0625. The number of rotatable bonds is 3. The molecule has 7 heteroatoms. The normalized spacial score (nSPS) is 11.2. The molecule has 2 aromatic carbocycles. The molecular weight excluding hydrogens is 335 g/mol. The van der Waals surface area contributed by atoms with Gasteiger partial charge in [-0.25, -0.2) is 4.39 Å². The summed E-state index contributed by atoms with van der Waals surface area (Å²) in [7, 11) is 0. The molecule has 2 heterocycles. The summed E-state index contributed by atoms with van der Waals surface area (Å²) in [5, 5.41) is 14.0. The Morgan fingerprint density at radius 3 is 2.61 bits per heavy atom. The average Bonchev–Trinajstić information content (AvgIpc) is 3.12.